The molecule has 0 radical (unpaired) electrons. The number of nitro benzene ring substituents is 1. The normalized spacial score (nSPS) is 10.5. The molecule has 2 aromatic rings. The summed E-state index contributed by atoms with van der Waals surface area (Å²) in [5.41, 5.74) is 6.51. The van der Waals surface area contributed by atoms with Crippen LogP contribution in [-0.4, -0.2) is 16.3 Å². The summed E-state index contributed by atoms with van der Waals surface area (Å²) in [4.78, 5) is 10.3. The number of rotatable bonds is 4. The van der Waals surface area contributed by atoms with Crippen LogP contribution in [0.4, 0.5) is 11.4 Å². The maximum atomic E-state index is 10.7. The Kier molecular flexibility index (Phi) is 5.37. The van der Waals surface area contributed by atoms with E-state index in [4.69, 9.17) is 12.2 Å². The number of aryl methyl sites for hydroxylation is 1. The van der Waals surface area contributed by atoms with Crippen LogP contribution >= 0.6 is 12.2 Å². The van der Waals surface area contributed by atoms with E-state index in [0.717, 1.165) is 16.8 Å². The van der Waals surface area contributed by atoms with Crippen molar-refractivity contribution in [2.75, 3.05) is 5.32 Å². The Morgan fingerprint density at radius 1 is 1.26 bits per heavy atom. The highest BCUT2D eigenvalue weighted by Gasteiger charge is 2.04. The van der Waals surface area contributed by atoms with E-state index in [0.29, 0.717) is 10.7 Å². The van der Waals surface area contributed by atoms with E-state index in [9.17, 15) is 10.1 Å². The van der Waals surface area contributed by atoms with Crippen molar-refractivity contribution in [3.05, 3.63) is 69.3 Å². The van der Waals surface area contributed by atoms with Gasteiger partial charge in [-0.2, -0.15) is 5.10 Å². The Labute approximate surface area is 139 Å². The van der Waals surface area contributed by atoms with Crippen LogP contribution in [0.2, 0.25) is 0 Å². The summed E-state index contributed by atoms with van der Waals surface area (Å²) in [5.74, 6) is 0. The highest BCUT2D eigenvalue weighted by Crippen LogP contribution is 2.17. The number of hydrogen-bond acceptors (Lipinski definition) is 4. The van der Waals surface area contributed by atoms with Gasteiger partial charge >= 0.3 is 0 Å². The third kappa shape index (κ3) is 4.58. The van der Waals surface area contributed by atoms with E-state index in [1.54, 1.807) is 12.1 Å². The molecule has 0 heterocycles. The summed E-state index contributed by atoms with van der Waals surface area (Å²) in [6.07, 6.45) is 1.48. The summed E-state index contributed by atoms with van der Waals surface area (Å²) in [5, 5.41) is 18.1. The summed E-state index contributed by atoms with van der Waals surface area (Å²) < 4.78 is 0. The quantitative estimate of drug-likeness (QED) is 0.388. The number of non-ortho nitro benzene ring substituents is 1. The first-order valence-corrected chi connectivity index (χ1v) is 7.29. The summed E-state index contributed by atoms with van der Waals surface area (Å²) >= 11 is 5.18. The molecule has 2 aromatic carbocycles. The molecule has 0 aromatic heterocycles. The Hall–Kier alpha value is -2.80. The van der Waals surface area contributed by atoms with E-state index in [1.165, 1.54) is 18.3 Å². The van der Waals surface area contributed by atoms with Crippen molar-refractivity contribution in [3.8, 4) is 0 Å². The van der Waals surface area contributed by atoms with Gasteiger partial charge in [0.2, 0.25) is 0 Å². The molecule has 7 heteroatoms. The molecule has 0 aliphatic rings. The Morgan fingerprint density at radius 3 is 2.74 bits per heavy atom. The number of nitrogens with zero attached hydrogens (tertiary/aromatic N) is 2. The number of anilines is 1. The molecule has 0 amide bonds. The smallest absolute Gasteiger partial charge is 0.270 e. The molecule has 0 fully saturated rings. The molecule has 0 bridgehead atoms. The van der Waals surface area contributed by atoms with E-state index in [-0.39, 0.29) is 5.69 Å². The zero-order chi connectivity index (χ0) is 16.8. The molecule has 23 heavy (non-hydrogen) atoms. The predicted octanol–water partition coefficient (Wildman–Crippen LogP) is 3.53. The van der Waals surface area contributed by atoms with Crippen molar-refractivity contribution in [1.82, 2.24) is 5.43 Å². The van der Waals surface area contributed by atoms with Gasteiger partial charge < -0.3 is 5.32 Å². The molecule has 0 aliphatic carbocycles. The first-order valence-electron chi connectivity index (χ1n) is 6.88. The van der Waals surface area contributed by atoms with Gasteiger partial charge in [-0.05, 0) is 43.3 Å². The molecule has 2 rings (SSSR count). The van der Waals surface area contributed by atoms with Gasteiger partial charge in [0, 0.05) is 23.4 Å². The van der Waals surface area contributed by atoms with Gasteiger partial charge in [-0.15, -0.1) is 0 Å². The lowest BCUT2D eigenvalue weighted by Gasteiger charge is -2.11. The van der Waals surface area contributed by atoms with Crippen molar-refractivity contribution in [2.45, 2.75) is 13.8 Å². The third-order valence-electron chi connectivity index (χ3n) is 3.31. The fourth-order valence-corrected chi connectivity index (χ4v) is 2.08. The lowest BCUT2D eigenvalue weighted by Crippen LogP contribution is -2.24. The molecule has 2 N–H and O–H groups in total. The lowest BCUT2D eigenvalue weighted by molar-refractivity contribution is -0.384. The minimum Gasteiger partial charge on any atom is -0.331 e. The Balaban J connectivity index is 1.97. The van der Waals surface area contributed by atoms with Crippen molar-refractivity contribution in [3.63, 3.8) is 0 Å². The molecule has 0 saturated carbocycles. The largest absolute Gasteiger partial charge is 0.331 e. The summed E-state index contributed by atoms with van der Waals surface area (Å²) in [7, 11) is 0. The zero-order valence-corrected chi connectivity index (χ0v) is 13.6. The van der Waals surface area contributed by atoms with Crippen LogP contribution in [-0.2, 0) is 0 Å². The Bertz CT molecular complexity index is 774. The maximum absolute atomic E-state index is 10.7. The van der Waals surface area contributed by atoms with Crippen LogP contribution in [0.5, 0.6) is 0 Å². The van der Waals surface area contributed by atoms with Crippen LogP contribution < -0.4 is 10.7 Å². The number of hydrazone groups is 1. The van der Waals surface area contributed by atoms with Crippen LogP contribution in [0.3, 0.4) is 0 Å². The second-order valence-corrected chi connectivity index (χ2v) is 5.33. The molecule has 0 saturated heterocycles. The summed E-state index contributed by atoms with van der Waals surface area (Å²) in [6.45, 7) is 4.03. The zero-order valence-electron chi connectivity index (χ0n) is 12.7. The average Bonchev–Trinajstić information content (AvgIpc) is 2.52. The van der Waals surface area contributed by atoms with Gasteiger partial charge in [-0.25, -0.2) is 0 Å². The molecular formula is C16H16N4O2S. The molecule has 0 unspecified atom stereocenters. The van der Waals surface area contributed by atoms with Crippen molar-refractivity contribution >= 4 is 34.9 Å². The molecule has 0 spiro atoms. The molecule has 118 valence electrons. The van der Waals surface area contributed by atoms with E-state index >= 15 is 0 Å². The highest BCUT2D eigenvalue weighted by atomic mass is 32.1. The maximum Gasteiger partial charge on any atom is 0.270 e. The lowest BCUT2D eigenvalue weighted by atomic mass is 10.1. The Morgan fingerprint density at radius 2 is 2.00 bits per heavy atom. The minimum absolute atomic E-state index is 0.0186. The highest BCUT2D eigenvalue weighted by molar-refractivity contribution is 7.80. The van der Waals surface area contributed by atoms with Crippen LogP contribution in [0, 0.1) is 24.0 Å². The van der Waals surface area contributed by atoms with E-state index in [1.807, 2.05) is 32.0 Å². The monoisotopic (exact) mass is 328 g/mol. The number of benzene rings is 2. The van der Waals surface area contributed by atoms with Gasteiger partial charge in [0.05, 0.1) is 11.1 Å². The SMILES string of the molecule is Cc1cccc(NC(=S)NN=Cc2cccc([N+](=O)[O-])c2)c1C. The number of thiocarbonyl (C=S) groups is 1. The van der Waals surface area contributed by atoms with Gasteiger partial charge in [-0.3, -0.25) is 15.5 Å². The fraction of sp³-hybridized carbons (Fsp3) is 0.125. The summed E-state index contributed by atoms with van der Waals surface area (Å²) in [6, 6.07) is 12.1. The van der Waals surface area contributed by atoms with Crippen LogP contribution in [0.15, 0.2) is 47.6 Å². The number of nitro groups is 1. The fourth-order valence-electron chi connectivity index (χ4n) is 1.92. The van der Waals surface area contributed by atoms with Gasteiger partial charge in [0.25, 0.3) is 5.69 Å². The van der Waals surface area contributed by atoms with Crippen LogP contribution in [0.25, 0.3) is 0 Å². The molecule has 0 aliphatic heterocycles. The molecule has 6 nitrogen and oxygen atoms in total. The van der Waals surface area contributed by atoms with Gasteiger partial charge in [0.1, 0.15) is 0 Å². The average molecular weight is 328 g/mol. The van der Waals surface area contributed by atoms with Gasteiger partial charge in [0.15, 0.2) is 5.11 Å². The van der Waals surface area contributed by atoms with Crippen molar-refractivity contribution in [2.24, 2.45) is 5.10 Å². The van der Waals surface area contributed by atoms with Crippen LogP contribution in [0.1, 0.15) is 16.7 Å². The second-order valence-electron chi connectivity index (χ2n) is 4.92. The first-order chi connectivity index (χ1) is 11.0. The van der Waals surface area contributed by atoms with Crippen molar-refractivity contribution < 1.29 is 4.92 Å². The van der Waals surface area contributed by atoms with Crippen molar-refractivity contribution in [1.29, 1.82) is 0 Å². The van der Waals surface area contributed by atoms with E-state index < -0.39 is 4.92 Å². The molecular weight excluding hydrogens is 312 g/mol. The predicted molar refractivity (Wildman–Crippen MR) is 96.0 cm³/mol. The first kappa shape index (κ1) is 16.6. The van der Waals surface area contributed by atoms with Gasteiger partial charge in [-0.1, -0.05) is 24.3 Å². The van der Waals surface area contributed by atoms with E-state index in [2.05, 4.69) is 15.8 Å². The number of hydrogen-bond donors (Lipinski definition) is 2. The number of nitrogens with one attached hydrogen (secondary N) is 2. The topological polar surface area (TPSA) is 79.6 Å². The minimum atomic E-state index is -0.447. The third-order valence-corrected chi connectivity index (χ3v) is 3.51. The second kappa shape index (κ2) is 7.46. The standard InChI is InChI=1S/C16H16N4O2S/c1-11-5-3-8-15(12(11)2)18-16(23)19-17-10-13-6-4-7-14(9-13)20(21)22/h3-10H,1-2H3,(H2,18,19,23). The molecule has 0 atom stereocenters.